The van der Waals surface area contributed by atoms with Crippen LogP contribution < -0.4 is 14.8 Å². The molecule has 0 fully saturated rings. The summed E-state index contributed by atoms with van der Waals surface area (Å²) in [4.78, 5) is 50.2. The van der Waals surface area contributed by atoms with Crippen molar-refractivity contribution in [1.29, 1.82) is 0 Å². The van der Waals surface area contributed by atoms with Crippen LogP contribution in [0.5, 0.6) is 11.5 Å². The van der Waals surface area contributed by atoms with E-state index in [1.807, 2.05) is 34.6 Å². The number of hydrogen-bond donors (Lipinski definition) is 1. The zero-order valence-corrected chi connectivity index (χ0v) is 25.3. The first kappa shape index (κ1) is 34.1. The normalized spacial score (nSPS) is 13.4. The first-order valence-corrected chi connectivity index (χ1v) is 13.6. The molecular formula is C30H47NO8. The number of carbonyl (C=O) groups is 4. The summed E-state index contributed by atoms with van der Waals surface area (Å²) in [6.07, 6.45) is 1.32. The van der Waals surface area contributed by atoms with E-state index in [4.69, 9.17) is 18.9 Å². The summed E-state index contributed by atoms with van der Waals surface area (Å²) in [7, 11) is 1.29. The average molecular weight is 550 g/mol. The SMILES string of the molecule is CCC(C)(C)C(=O)Oc1ccc(C[C@H](NCCOC(=O)C(C)C(C)C)C(=O)OC)cc1OC(=O)C(C)(C)CC. The van der Waals surface area contributed by atoms with Crippen molar-refractivity contribution in [3.8, 4) is 11.5 Å². The van der Waals surface area contributed by atoms with Crippen molar-refractivity contribution in [1.82, 2.24) is 5.32 Å². The highest BCUT2D eigenvalue weighted by molar-refractivity contribution is 5.81. The van der Waals surface area contributed by atoms with Crippen LogP contribution in [0.2, 0.25) is 0 Å². The molecule has 2 atom stereocenters. The Kier molecular flexibility index (Phi) is 13.1. The van der Waals surface area contributed by atoms with E-state index in [-0.39, 0.29) is 48.9 Å². The van der Waals surface area contributed by atoms with Crippen LogP contribution in [-0.2, 0) is 35.1 Å². The molecule has 0 radical (unpaired) electrons. The Morgan fingerprint density at radius 2 is 1.38 bits per heavy atom. The van der Waals surface area contributed by atoms with E-state index < -0.39 is 34.8 Å². The lowest BCUT2D eigenvalue weighted by Crippen LogP contribution is -2.41. The topological polar surface area (TPSA) is 117 Å². The fourth-order valence-electron chi connectivity index (χ4n) is 3.01. The summed E-state index contributed by atoms with van der Waals surface area (Å²) in [6.45, 7) is 16.9. The minimum atomic E-state index is -0.751. The third-order valence-electron chi connectivity index (χ3n) is 7.32. The number of benzene rings is 1. The average Bonchev–Trinajstić information content (AvgIpc) is 2.90. The van der Waals surface area contributed by atoms with Crippen LogP contribution >= 0.6 is 0 Å². The van der Waals surface area contributed by atoms with E-state index in [0.717, 1.165) is 0 Å². The summed E-state index contributed by atoms with van der Waals surface area (Å²) < 4.78 is 21.6. The molecule has 0 saturated heterocycles. The zero-order chi connectivity index (χ0) is 30.0. The Hall–Kier alpha value is -2.94. The van der Waals surface area contributed by atoms with Crippen molar-refractivity contribution in [3.05, 3.63) is 23.8 Å². The van der Waals surface area contributed by atoms with Gasteiger partial charge in [0, 0.05) is 6.54 Å². The van der Waals surface area contributed by atoms with E-state index in [0.29, 0.717) is 18.4 Å². The molecule has 9 heteroatoms. The molecule has 0 aromatic heterocycles. The van der Waals surface area contributed by atoms with Crippen LogP contribution in [0.3, 0.4) is 0 Å². The predicted octanol–water partition coefficient (Wildman–Crippen LogP) is 4.88. The Bertz CT molecular complexity index is 999. The van der Waals surface area contributed by atoms with Crippen LogP contribution in [0.1, 0.15) is 80.7 Å². The highest BCUT2D eigenvalue weighted by Crippen LogP contribution is 2.34. The van der Waals surface area contributed by atoms with Gasteiger partial charge in [-0.1, -0.05) is 40.7 Å². The second-order valence-electron chi connectivity index (χ2n) is 11.5. The molecule has 220 valence electrons. The molecule has 0 aliphatic rings. The fourth-order valence-corrected chi connectivity index (χ4v) is 3.01. The molecule has 1 rings (SSSR count). The first-order valence-electron chi connectivity index (χ1n) is 13.6. The van der Waals surface area contributed by atoms with Crippen LogP contribution in [0, 0.1) is 22.7 Å². The summed E-state index contributed by atoms with van der Waals surface area (Å²) in [5.74, 6) is -1.54. The molecule has 0 heterocycles. The van der Waals surface area contributed by atoms with E-state index in [1.165, 1.54) is 7.11 Å². The van der Waals surface area contributed by atoms with Gasteiger partial charge in [0.15, 0.2) is 11.5 Å². The molecule has 1 unspecified atom stereocenters. The van der Waals surface area contributed by atoms with Crippen molar-refractivity contribution in [2.24, 2.45) is 22.7 Å². The molecule has 1 N–H and O–H groups in total. The molecule has 0 aliphatic heterocycles. The van der Waals surface area contributed by atoms with Crippen LogP contribution in [-0.4, -0.2) is 50.2 Å². The molecule has 39 heavy (non-hydrogen) atoms. The van der Waals surface area contributed by atoms with Gasteiger partial charge >= 0.3 is 23.9 Å². The maximum atomic E-state index is 12.9. The lowest BCUT2D eigenvalue weighted by molar-refractivity contribution is -0.149. The molecule has 0 amide bonds. The minimum Gasteiger partial charge on any atom is -0.468 e. The van der Waals surface area contributed by atoms with Crippen LogP contribution in [0.25, 0.3) is 0 Å². The number of hydrogen-bond acceptors (Lipinski definition) is 9. The number of rotatable bonds is 15. The number of methoxy groups -OCH3 is 1. The maximum absolute atomic E-state index is 12.9. The van der Waals surface area contributed by atoms with Crippen molar-refractivity contribution in [3.63, 3.8) is 0 Å². The molecule has 9 nitrogen and oxygen atoms in total. The number of carbonyl (C=O) groups excluding carboxylic acids is 4. The standard InChI is InChI=1S/C30H47NO8/c1-11-29(6,7)27(34)38-23-14-13-21(18-24(23)39-28(35)30(8,9)12-2)17-22(26(33)36-10)31-15-16-37-25(32)20(5)19(3)4/h13-14,18-20,22,31H,11-12,15-17H2,1-10H3/t20?,22-/m0/s1. The summed E-state index contributed by atoms with van der Waals surface area (Å²) >= 11 is 0. The third-order valence-corrected chi connectivity index (χ3v) is 7.32. The van der Waals surface area contributed by atoms with Gasteiger partial charge in [-0.05, 0) is 70.6 Å². The second-order valence-corrected chi connectivity index (χ2v) is 11.5. The molecular weight excluding hydrogens is 502 g/mol. The lowest BCUT2D eigenvalue weighted by Gasteiger charge is -2.24. The van der Waals surface area contributed by atoms with Crippen LogP contribution in [0.15, 0.2) is 18.2 Å². The van der Waals surface area contributed by atoms with Gasteiger partial charge in [-0.3, -0.25) is 19.2 Å². The predicted molar refractivity (Wildman–Crippen MR) is 148 cm³/mol. The van der Waals surface area contributed by atoms with E-state index in [2.05, 4.69) is 5.32 Å². The van der Waals surface area contributed by atoms with Crippen molar-refractivity contribution < 1.29 is 38.1 Å². The molecule has 0 saturated carbocycles. The molecule has 1 aromatic rings. The second kappa shape index (κ2) is 15.0. The maximum Gasteiger partial charge on any atom is 0.323 e. The van der Waals surface area contributed by atoms with Crippen LogP contribution in [0.4, 0.5) is 0 Å². The Morgan fingerprint density at radius 3 is 1.87 bits per heavy atom. The smallest absolute Gasteiger partial charge is 0.323 e. The Labute approximate surface area is 233 Å². The van der Waals surface area contributed by atoms with Gasteiger partial charge in [0.1, 0.15) is 12.6 Å². The highest BCUT2D eigenvalue weighted by atomic mass is 16.6. The van der Waals surface area contributed by atoms with E-state index in [9.17, 15) is 19.2 Å². The van der Waals surface area contributed by atoms with E-state index in [1.54, 1.807) is 45.9 Å². The largest absolute Gasteiger partial charge is 0.468 e. The fraction of sp³-hybridized carbons (Fsp3) is 0.667. The molecule has 0 bridgehead atoms. The van der Waals surface area contributed by atoms with Gasteiger partial charge in [-0.2, -0.15) is 0 Å². The van der Waals surface area contributed by atoms with Crippen molar-refractivity contribution in [2.75, 3.05) is 20.3 Å². The quantitative estimate of drug-likeness (QED) is 0.186. The van der Waals surface area contributed by atoms with Crippen molar-refractivity contribution in [2.45, 2.75) is 87.6 Å². The number of ether oxygens (including phenoxy) is 4. The van der Waals surface area contributed by atoms with Gasteiger partial charge in [-0.15, -0.1) is 0 Å². The number of nitrogens with one attached hydrogen (secondary N) is 1. The van der Waals surface area contributed by atoms with Gasteiger partial charge in [-0.25, -0.2) is 0 Å². The molecule has 1 aromatic carbocycles. The lowest BCUT2D eigenvalue weighted by atomic mass is 9.90. The highest BCUT2D eigenvalue weighted by Gasteiger charge is 2.32. The molecule has 0 spiro atoms. The van der Waals surface area contributed by atoms with Crippen molar-refractivity contribution >= 4 is 23.9 Å². The Balaban J connectivity index is 3.14. The number of esters is 4. The minimum absolute atomic E-state index is 0.0968. The molecule has 0 aliphatic carbocycles. The summed E-state index contributed by atoms with van der Waals surface area (Å²) in [5, 5.41) is 3.07. The first-order chi connectivity index (χ1) is 18.1. The van der Waals surface area contributed by atoms with Gasteiger partial charge in [0.2, 0.25) is 0 Å². The third kappa shape index (κ3) is 10.3. The van der Waals surface area contributed by atoms with E-state index >= 15 is 0 Å². The Morgan fingerprint density at radius 1 is 0.846 bits per heavy atom. The zero-order valence-electron chi connectivity index (χ0n) is 25.3. The van der Waals surface area contributed by atoms with Gasteiger partial charge in [0.05, 0.1) is 23.9 Å². The van der Waals surface area contributed by atoms with Gasteiger partial charge in [0.25, 0.3) is 0 Å². The van der Waals surface area contributed by atoms with Gasteiger partial charge < -0.3 is 24.3 Å². The monoisotopic (exact) mass is 549 g/mol. The summed E-state index contributed by atoms with van der Waals surface area (Å²) in [5.41, 5.74) is -0.825. The summed E-state index contributed by atoms with van der Waals surface area (Å²) in [6, 6.07) is 4.10.